The lowest BCUT2D eigenvalue weighted by atomic mass is 10.1. The van der Waals surface area contributed by atoms with Crippen LogP contribution in [0.2, 0.25) is 0 Å². The van der Waals surface area contributed by atoms with Crippen molar-refractivity contribution in [3.63, 3.8) is 0 Å². The maximum absolute atomic E-state index is 12.6. The van der Waals surface area contributed by atoms with E-state index in [1.807, 2.05) is 11.8 Å². The standard InChI is InChI=1S/C18H23N3O3/c1-11-9-15(21-16(22)12(2)13(3)17(21)23)19-10-14(11)18(24)20-7-5-4-6-8-20/h9-10,16,22H,4-8H2,1-3H3. The third kappa shape index (κ3) is 2.71. The normalized spacial score (nSPS) is 21.7. The number of hydrogen-bond acceptors (Lipinski definition) is 4. The third-order valence-electron chi connectivity index (χ3n) is 4.98. The Morgan fingerprint density at radius 3 is 2.42 bits per heavy atom. The van der Waals surface area contributed by atoms with Gasteiger partial charge in [-0.15, -0.1) is 0 Å². The number of hydrogen-bond donors (Lipinski definition) is 1. The van der Waals surface area contributed by atoms with E-state index in [0.29, 0.717) is 22.5 Å². The highest BCUT2D eigenvalue weighted by Crippen LogP contribution is 2.29. The fourth-order valence-corrected chi connectivity index (χ4v) is 3.24. The summed E-state index contributed by atoms with van der Waals surface area (Å²) in [6.45, 7) is 6.83. The van der Waals surface area contributed by atoms with E-state index in [1.54, 1.807) is 19.9 Å². The molecule has 6 heteroatoms. The summed E-state index contributed by atoms with van der Waals surface area (Å²) in [5.41, 5.74) is 2.49. The van der Waals surface area contributed by atoms with Crippen molar-refractivity contribution in [2.24, 2.45) is 0 Å². The first-order valence-electron chi connectivity index (χ1n) is 8.36. The van der Waals surface area contributed by atoms with Crippen molar-refractivity contribution in [1.82, 2.24) is 9.88 Å². The molecule has 1 saturated heterocycles. The van der Waals surface area contributed by atoms with Gasteiger partial charge in [-0.05, 0) is 57.2 Å². The minimum absolute atomic E-state index is 0.00923. The second kappa shape index (κ2) is 6.36. The van der Waals surface area contributed by atoms with Gasteiger partial charge >= 0.3 is 0 Å². The van der Waals surface area contributed by atoms with Gasteiger partial charge in [-0.3, -0.25) is 14.5 Å². The van der Waals surface area contributed by atoms with Crippen LogP contribution in [0.15, 0.2) is 23.4 Å². The van der Waals surface area contributed by atoms with Crippen LogP contribution in [0.3, 0.4) is 0 Å². The molecule has 1 atom stereocenters. The molecule has 6 nitrogen and oxygen atoms in total. The Kier molecular flexibility index (Phi) is 4.41. The summed E-state index contributed by atoms with van der Waals surface area (Å²) in [5, 5.41) is 10.3. The monoisotopic (exact) mass is 329 g/mol. The number of piperidine rings is 1. The second-order valence-corrected chi connectivity index (χ2v) is 6.57. The van der Waals surface area contributed by atoms with Crippen molar-refractivity contribution < 1.29 is 14.7 Å². The highest BCUT2D eigenvalue weighted by atomic mass is 16.3. The number of aryl methyl sites for hydroxylation is 1. The molecule has 1 aromatic heterocycles. The minimum atomic E-state index is -0.993. The van der Waals surface area contributed by atoms with Crippen LogP contribution >= 0.6 is 0 Å². The highest BCUT2D eigenvalue weighted by molar-refractivity contribution is 6.09. The van der Waals surface area contributed by atoms with Gasteiger partial charge in [-0.2, -0.15) is 0 Å². The summed E-state index contributed by atoms with van der Waals surface area (Å²) in [6, 6.07) is 1.70. The zero-order chi connectivity index (χ0) is 17.4. The van der Waals surface area contributed by atoms with Crippen LogP contribution in [0.5, 0.6) is 0 Å². The van der Waals surface area contributed by atoms with Gasteiger partial charge in [0.25, 0.3) is 11.8 Å². The zero-order valence-electron chi connectivity index (χ0n) is 14.4. The number of rotatable bonds is 2. The number of aliphatic hydroxyl groups is 1. The second-order valence-electron chi connectivity index (χ2n) is 6.57. The fraction of sp³-hybridized carbons (Fsp3) is 0.500. The molecule has 0 aromatic carbocycles. The SMILES string of the molecule is CC1=C(C)C(O)N(c2cc(C)c(C(=O)N3CCCCC3)cn2)C1=O. The molecule has 1 aromatic rings. The molecule has 3 rings (SSSR count). The largest absolute Gasteiger partial charge is 0.369 e. The van der Waals surface area contributed by atoms with Crippen LogP contribution in [-0.4, -0.2) is 46.1 Å². The number of nitrogens with zero attached hydrogens (tertiary/aromatic N) is 3. The molecule has 0 radical (unpaired) electrons. The summed E-state index contributed by atoms with van der Waals surface area (Å²) in [5.74, 6) is 0.114. The van der Waals surface area contributed by atoms with E-state index in [2.05, 4.69) is 4.98 Å². The maximum Gasteiger partial charge on any atom is 0.257 e. The van der Waals surface area contributed by atoms with Crippen molar-refractivity contribution in [2.45, 2.75) is 46.3 Å². The molecule has 128 valence electrons. The molecule has 24 heavy (non-hydrogen) atoms. The van der Waals surface area contributed by atoms with Gasteiger partial charge in [0.15, 0.2) is 6.23 Å². The molecule has 0 spiro atoms. The number of aliphatic hydroxyl groups excluding tert-OH is 1. The molecule has 0 bridgehead atoms. The molecule has 0 saturated carbocycles. The minimum Gasteiger partial charge on any atom is -0.369 e. The molecule has 3 heterocycles. The quantitative estimate of drug-likeness (QED) is 0.901. The van der Waals surface area contributed by atoms with E-state index in [1.165, 1.54) is 17.5 Å². The Hall–Kier alpha value is -2.21. The zero-order valence-corrected chi connectivity index (χ0v) is 14.4. The predicted octanol–water partition coefficient (Wildman–Crippen LogP) is 2.02. The Balaban J connectivity index is 1.85. The van der Waals surface area contributed by atoms with Crippen LogP contribution in [-0.2, 0) is 4.79 Å². The number of carbonyl (C=O) groups is 2. The van der Waals surface area contributed by atoms with E-state index in [0.717, 1.165) is 31.5 Å². The van der Waals surface area contributed by atoms with Crippen LogP contribution in [0.1, 0.15) is 49.0 Å². The molecule has 1 fully saturated rings. The van der Waals surface area contributed by atoms with Crippen molar-refractivity contribution in [1.29, 1.82) is 0 Å². The Morgan fingerprint density at radius 1 is 1.21 bits per heavy atom. The first-order valence-corrected chi connectivity index (χ1v) is 8.36. The van der Waals surface area contributed by atoms with E-state index in [4.69, 9.17) is 0 Å². The number of anilines is 1. The topological polar surface area (TPSA) is 73.7 Å². The van der Waals surface area contributed by atoms with E-state index < -0.39 is 6.23 Å². The first kappa shape index (κ1) is 16.6. The molecule has 2 amide bonds. The summed E-state index contributed by atoms with van der Waals surface area (Å²) in [6.07, 6.45) is 3.77. The molecule has 2 aliphatic rings. The Bertz CT molecular complexity index is 720. The van der Waals surface area contributed by atoms with Gasteiger partial charge < -0.3 is 10.0 Å². The Labute approximate surface area is 141 Å². The highest BCUT2D eigenvalue weighted by Gasteiger charge is 2.35. The van der Waals surface area contributed by atoms with E-state index in [9.17, 15) is 14.7 Å². The average molecular weight is 329 g/mol. The molecule has 0 aliphatic carbocycles. The smallest absolute Gasteiger partial charge is 0.257 e. The van der Waals surface area contributed by atoms with Crippen LogP contribution in [0.4, 0.5) is 5.82 Å². The predicted molar refractivity (Wildman–Crippen MR) is 90.6 cm³/mol. The van der Waals surface area contributed by atoms with Crippen molar-refractivity contribution in [3.05, 3.63) is 34.5 Å². The van der Waals surface area contributed by atoms with Gasteiger partial charge in [-0.25, -0.2) is 4.98 Å². The number of likely N-dealkylation sites (tertiary alicyclic amines) is 1. The lowest BCUT2D eigenvalue weighted by Gasteiger charge is -2.27. The fourth-order valence-electron chi connectivity index (χ4n) is 3.24. The summed E-state index contributed by atoms with van der Waals surface area (Å²) < 4.78 is 0. The number of aromatic nitrogens is 1. The van der Waals surface area contributed by atoms with Crippen molar-refractivity contribution in [2.75, 3.05) is 18.0 Å². The number of carbonyl (C=O) groups excluding carboxylic acids is 2. The van der Waals surface area contributed by atoms with Gasteiger partial charge in [0.05, 0.1) is 5.56 Å². The summed E-state index contributed by atoms with van der Waals surface area (Å²) >= 11 is 0. The number of amides is 2. The maximum atomic E-state index is 12.6. The summed E-state index contributed by atoms with van der Waals surface area (Å²) in [4.78, 5) is 32.3. The third-order valence-corrected chi connectivity index (χ3v) is 4.98. The number of pyridine rings is 1. The van der Waals surface area contributed by atoms with Crippen LogP contribution in [0.25, 0.3) is 0 Å². The summed E-state index contributed by atoms with van der Waals surface area (Å²) in [7, 11) is 0. The average Bonchev–Trinajstić information content (AvgIpc) is 2.78. The van der Waals surface area contributed by atoms with E-state index in [-0.39, 0.29) is 11.8 Å². The molecule has 1 N–H and O–H groups in total. The molecular weight excluding hydrogens is 306 g/mol. The van der Waals surface area contributed by atoms with Crippen molar-refractivity contribution >= 4 is 17.6 Å². The van der Waals surface area contributed by atoms with E-state index >= 15 is 0 Å². The molecular formula is C18H23N3O3. The van der Waals surface area contributed by atoms with Gasteiger partial charge in [-0.1, -0.05) is 0 Å². The Morgan fingerprint density at radius 2 is 1.88 bits per heavy atom. The van der Waals surface area contributed by atoms with Gasteiger partial charge in [0.1, 0.15) is 5.82 Å². The molecule has 1 unspecified atom stereocenters. The van der Waals surface area contributed by atoms with Crippen molar-refractivity contribution in [3.8, 4) is 0 Å². The first-order chi connectivity index (χ1) is 11.4. The van der Waals surface area contributed by atoms with Crippen LogP contribution < -0.4 is 4.90 Å². The molecule has 2 aliphatic heterocycles. The lowest BCUT2D eigenvalue weighted by molar-refractivity contribution is -0.115. The van der Waals surface area contributed by atoms with Gasteiger partial charge in [0.2, 0.25) is 0 Å². The van der Waals surface area contributed by atoms with Gasteiger partial charge in [0, 0.05) is 24.9 Å². The lowest BCUT2D eigenvalue weighted by Crippen LogP contribution is -2.37. The van der Waals surface area contributed by atoms with Crippen LogP contribution in [0, 0.1) is 6.92 Å².